The Hall–Kier alpha value is -1.53. The van der Waals surface area contributed by atoms with Crippen LogP contribution < -0.4 is 15.8 Å². The number of nitrogens with zero attached hydrogens (tertiary/aromatic N) is 1. The summed E-state index contributed by atoms with van der Waals surface area (Å²) >= 11 is 6.23. The van der Waals surface area contributed by atoms with Crippen LogP contribution in [0.5, 0.6) is 5.75 Å². The quantitative estimate of drug-likeness (QED) is 0.748. The van der Waals surface area contributed by atoms with Crippen LogP contribution in [0.25, 0.3) is 0 Å². The van der Waals surface area contributed by atoms with Gasteiger partial charge in [-0.25, -0.2) is 0 Å². The lowest BCUT2D eigenvalue weighted by atomic mass is 9.87. The van der Waals surface area contributed by atoms with Gasteiger partial charge >= 0.3 is 0 Å². The van der Waals surface area contributed by atoms with Crippen LogP contribution in [0.3, 0.4) is 0 Å². The molecule has 8 heteroatoms. The van der Waals surface area contributed by atoms with Gasteiger partial charge in [-0.2, -0.15) is 0 Å². The van der Waals surface area contributed by atoms with Gasteiger partial charge in [-0.1, -0.05) is 38.4 Å². The Morgan fingerprint density at radius 1 is 1.31 bits per heavy atom. The van der Waals surface area contributed by atoms with Crippen LogP contribution in [0.1, 0.15) is 26.3 Å². The van der Waals surface area contributed by atoms with Crippen LogP contribution >= 0.6 is 36.4 Å². The first-order chi connectivity index (χ1) is 11.3. The fourth-order valence-corrected chi connectivity index (χ4v) is 2.19. The van der Waals surface area contributed by atoms with Gasteiger partial charge in [-0.15, -0.1) is 24.8 Å². The molecule has 0 radical (unpaired) electrons. The minimum absolute atomic E-state index is 0. The van der Waals surface area contributed by atoms with E-state index in [2.05, 4.69) is 10.3 Å². The average molecular weight is 421 g/mol. The van der Waals surface area contributed by atoms with E-state index in [0.717, 1.165) is 5.56 Å². The Labute approximate surface area is 171 Å². The minimum Gasteiger partial charge on any atom is -0.487 e. The lowest BCUT2D eigenvalue weighted by Gasteiger charge is -2.25. The number of pyridine rings is 1. The monoisotopic (exact) mass is 419 g/mol. The summed E-state index contributed by atoms with van der Waals surface area (Å²) in [6.07, 6.45) is 3.44. The lowest BCUT2D eigenvalue weighted by Crippen LogP contribution is -2.45. The number of benzene rings is 1. The van der Waals surface area contributed by atoms with Crippen molar-refractivity contribution in [3.63, 3.8) is 0 Å². The van der Waals surface area contributed by atoms with E-state index in [1.807, 2.05) is 32.9 Å². The maximum atomic E-state index is 12.1. The van der Waals surface area contributed by atoms with Crippen molar-refractivity contribution in [1.82, 2.24) is 4.98 Å². The molecule has 0 spiro atoms. The summed E-state index contributed by atoms with van der Waals surface area (Å²) in [4.78, 5) is 16.2. The zero-order chi connectivity index (χ0) is 17.7. The highest BCUT2D eigenvalue weighted by molar-refractivity contribution is 6.32. The smallest absolute Gasteiger partial charge is 0.241 e. The maximum absolute atomic E-state index is 12.1. The standard InChI is InChI=1S/C18H22ClN3O2.2ClH/c1-18(2,3)16(20)17(23)22-13-6-7-15(14(19)9-13)24-11-12-5-4-8-21-10-12;;/h4-10,16H,11,20H2,1-3H3,(H,22,23);2*1H/t16-;;/m1../s1. The molecule has 1 amide bonds. The number of ether oxygens (including phenoxy) is 1. The van der Waals surface area contributed by atoms with E-state index in [9.17, 15) is 4.79 Å². The normalized spacial score (nSPS) is 11.6. The van der Waals surface area contributed by atoms with E-state index in [4.69, 9.17) is 22.1 Å². The molecule has 0 aliphatic heterocycles. The SMILES string of the molecule is CC(C)(C)[C@H](N)C(=O)Nc1ccc(OCc2cccnc2)c(Cl)c1.Cl.Cl. The molecular formula is C18H24Cl3N3O2. The third-order valence-corrected chi connectivity index (χ3v) is 3.83. The number of rotatable bonds is 5. The van der Waals surface area contributed by atoms with Gasteiger partial charge in [0, 0.05) is 23.6 Å². The third-order valence-electron chi connectivity index (χ3n) is 3.53. The molecule has 2 rings (SSSR count). The van der Waals surface area contributed by atoms with Crippen molar-refractivity contribution in [1.29, 1.82) is 0 Å². The average Bonchev–Trinajstić information content (AvgIpc) is 2.53. The van der Waals surface area contributed by atoms with Crippen molar-refractivity contribution in [3.8, 4) is 5.75 Å². The summed E-state index contributed by atoms with van der Waals surface area (Å²) in [7, 11) is 0. The highest BCUT2D eigenvalue weighted by Crippen LogP contribution is 2.29. The van der Waals surface area contributed by atoms with Gasteiger partial charge in [0.1, 0.15) is 12.4 Å². The molecule has 1 aromatic carbocycles. The zero-order valence-corrected chi connectivity index (χ0v) is 17.3. The Balaban J connectivity index is 0.00000312. The first kappa shape index (κ1) is 24.5. The molecule has 0 saturated heterocycles. The summed E-state index contributed by atoms with van der Waals surface area (Å²) in [6, 6.07) is 8.25. The molecule has 26 heavy (non-hydrogen) atoms. The fraction of sp³-hybridized carbons (Fsp3) is 0.333. The molecule has 144 valence electrons. The third kappa shape index (κ3) is 7.00. The van der Waals surface area contributed by atoms with Crippen molar-refractivity contribution < 1.29 is 9.53 Å². The Bertz CT molecular complexity index is 707. The van der Waals surface area contributed by atoms with E-state index >= 15 is 0 Å². The summed E-state index contributed by atoms with van der Waals surface area (Å²) in [6.45, 7) is 6.12. The van der Waals surface area contributed by atoms with Crippen molar-refractivity contribution in [3.05, 3.63) is 53.3 Å². The van der Waals surface area contributed by atoms with E-state index in [1.165, 1.54) is 0 Å². The molecule has 5 nitrogen and oxygen atoms in total. The number of anilines is 1. The Morgan fingerprint density at radius 3 is 2.54 bits per heavy atom. The number of aromatic nitrogens is 1. The predicted octanol–water partition coefficient (Wildman–Crippen LogP) is 4.47. The van der Waals surface area contributed by atoms with Crippen molar-refractivity contribution in [2.75, 3.05) is 5.32 Å². The van der Waals surface area contributed by atoms with E-state index < -0.39 is 6.04 Å². The molecule has 3 N–H and O–H groups in total. The van der Waals surface area contributed by atoms with Gasteiger partial charge in [0.2, 0.25) is 5.91 Å². The van der Waals surface area contributed by atoms with Crippen LogP contribution in [0, 0.1) is 5.41 Å². The Morgan fingerprint density at radius 2 is 2.00 bits per heavy atom. The molecule has 0 aliphatic carbocycles. The fourth-order valence-electron chi connectivity index (χ4n) is 1.95. The Kier molecular flexibility index (Phi) is 9.96. The van der Waals surface area contributed by atoms with Gasteiger partial charge in [0.25, 0.3) is 0 Å². The number of nitrogens with two attached hydrogens (primary N) is 1. The topological polar surface area (TPSA) is 77.2 Å². The molecule has 0 unspecified atom stereocenters. The highest BCUT2D eigenvalue weighted by atomic mass is 35.5. The summed E-state index contributed by atoms with van der Waals surface area (Å²) in [5.74, 6) is 0.293. The van der Waals surface area contributed by atoms with Crippen molar-refractivity contribution >= 4 is 48.0 Å². The first-order valence-electron chi connectivity index (χ1n) is 7.65. The van der Waals surface area contributed by atoms with Crippen LogP contribution in [0.15, 0.2) is 42.7 Å². The van der Waals surface area contributed by atoms with Crippen LogP contribution in [-0.2, 0) is 11.4 Å². The minimum atomic E-state index is -0.613. The number of halogens is 3. The summed E-state index contributed by atoms with van der Waals surface area (Å²) in [5, 5.41) is 3.19. The molecule has 1 heterocycles. The molecule has 0 saturated carbocycles. The number of hydrogen-bond donors (Lipinski definition) is 2. The van der Waals surface area contributed by atoms with Crippen molar-refractivity contribution in [2.45, 2.75) is 33.4 Å². The van der Waals surface area contributed by atoms with Crippen LogP contribution in [0.4, 0.5) is 5.69 Å². The van der Waals surface area contributed by atoms with Crippen LogP contribution in [0.2, 0.25) is 5.02 Å². The largest absolute Gasteiger partial charge is 0.487 e. The molecular weight excluding hydrogens is 397 g/mol. The second-order valence-electron chi connectivity index (χ2n) is 6.63. The van der Waals surface area contributed by atoms with Gasteiger partial charge in [-0.3, -0.25) is 9.78 Å². The number of nitrogens with one attached hydrogen (secondary N) is 1. The molecule has 2 aromatic rings. The van der Waals surface area contributed by atoms with Gasteiger partial charge in [0.05, 0.1) is 11.1 Å². The number of amides is 1. The van der Waals surface area contributed by atoms with Crippen molar-refractivity contribution in [2.24, 2.45) is 11.1 Å². The van der Waals surface area contributed by atoms with E-state index in [0.29, 0.717) is 23.1 Å². The van der Waals surface area contributed by atoms with Gasteiger partial charge in [0.15, 0.2) is 0 Å². The van der Waals surface area contributed by atoms with E-state index in [-0.39, 0.29) is 36.1 Å². The predicted molar refractivity (Wildman–Crippen MR) is 111 cm³/mol. The first-order valence-corrected chi connectivity index (χ1v) is 8.03. The molecule has 1 atom stereocenters. The molecule has 0 fully saturated rings. The van der Waals surface area contributed by atoms with Gasteiger partial charge < -0.3 is 15.8 Å². The summed E-state index contributed by atoms with van der Waals surface area (Å²) < 4.78 is 5.68. The molecule has 0 bridgehead atoms. The number of carbonyl (C=O) groups excluding carboxylic acids is 1. The number of carbonyl (C=O) groups is 1. The maximum Gasteiger partial charge on any atom is 0.241 e. The zero-order valence-electron chi connectivity index (χ0n) is 14.9. The number of hydrogen-bond acceptors (Lipinski definition) is 4. The van der Waals surface area contributed by atoms with E-state index in [1.54, 1.807) is 30.6 Å². The summed E-state index contributed by atoms with van der Waals surface area (Å²) in [5.41, 5.74) is 7.16. The molecule has 0 aliphatic rings. The second-order valence-corrected chi connectivity index (χ2v) is 7.04. The van der Waals surface area contributed by atoms with Gasteiger partial charge in [-0.05, 0) is 29.7 Å². The lowest BCUT2D eigenvalue weighted by molar-refractivity contribution is -0.119. The second kappa shape index (κ2) is 10.6. The van der Waals surface area contributed by atoms with Crippen LogP contribution in [-0.4, -0.2) is 16.9 Å². The molecule has 1 aromatic heterocycles. The highest BCUT2D eigenvalue weighted by Gasteiger charge is 2.27.